The van der Waals surface area contributed by atoms with Gasteiger partial charge in [-0.1, -0.05) is 24.1 Å². The molecule has 3 aromatic carbocycles. The normalized spacial score (nSPS) is 13.8. The number of ether oxygens (including phenoxy) is 10. The van der Waals surface area contributed by atoms with Crippen molar-refractivity contribution in [1.29, 1.82) is 0 Å². The molecule has 3 N–H and O–H groups in total. The number of rotatable bonds is 36. The molecule has 0 saturated carbocycles. The number of likely N-dealkylation sites (N-methyl/N-ethyl adjacent to an activating group) is 1. The first-order valence-corrected chi connectivity index (χ1v) is 27.5. The standard InChI is InChI=1S/C58H74BF3N6O14/c1-44-3-4-47(57(70)65-50-8-5-48(53(39-50)58(60,61)62)42-67-16-14-66(2)15-17-67)37-45(44)6-9-51-41-64-55-40-52(11-13-68(51)55)81-36-35-80-34-33-79-32-31-78-30-29-77-28-27-76-26-25-75-24-23-74-22-21-73-20-19-72-18-12-63-56(69)46-7-10-54-49(38-46)43-82-59(54)71/h3-5,7-8,10-11,13,37-41,71H,12,14-36,42-43H2,1-2H3,(H,63,69)(H,65,70). The number of fused-ring (bicyclic) bond motifs is 2. The second kappa shape index (κ2) is 34.6. The van der Waals surface area contributed by atoms with Crippen LogP contribution in [0.1, 0.15) is 54.2 Å². The number of aromatic nitrogens is 2. The third-order valence-electron chi connectivity index (χ3n) is 13.0. The number of aryl methyl sites for hydroxylation is 1. The highest BCUT2D eigenvalue weighted by atomic mass is 19.4. The van der Waals surface area contributed by atoms with Gasteiger partial charge in [-0.3, -0.25) is 18.9 Å². The molecular formula is C58H74BF3N6O14. The van der Waals surface area contributed by atoms with Crippen molar-refractivity contribution in [2.75, 3.05) is 171 Å². The van der Waals surface area contributed by atoms with Crippen molar-refractivity contribution < 1.29 is 79.8 Å². The monoisotopic (exact) mass is 1150 g/mol. The van der Waals surface area contributed by atoms with Gasteiger partial charge in [-0.15, -0.1) is 0 Å². The zero-order valence-corrected chi connectivity index (χ0v) is 46.6. The third-order valence-corrected chi connectivity index (χ3v) is 13.0. The van der Waals surface area contributed by atoms with Gasteiger partial charge in [0.15, 0.2) is 0 Å². The van der Waals surface area contributed by atoms with Crippen molar-refractivity contribution >= 4 is 35.7 Å². The molecule has 0 spiro atoms. The first kappa shape index (κ1) is 63.6. The Morgan fingerprint density at radius 2 is 1.23 bits per heavy atom. The summed E-state index contributed by atoms with van der Waals surface area (Å²) >= 11 is 0. The predicted octanol–water partition coefficient (Wildman–Crippen LogP) is 4.24. The minimum absolute atomic E-state index is 0.0586. The summed E-state index contributed by atoms with van der Waals surface area (Å²) in [4.78, 5) is 34.3. The summed E-state index contributed by atoms with van der Waals surface area (Å²) in [6.07, 6.45) is -1.13. The van der Waals surface area contributed by atoms with Crippen molar-refractivity contribution in [3.8, 4) is 17.6 Å². The maximum atomic E-state index is 14.2. The van der Waals surface area contributed by atoms with E-state index in [-0.39, 0.29) is 35.9 Å². The average Bonchev–Trinajstić information content (AvgIpc) is 4.22. The fourth-order valence-corrected chi connectivity index (χ4v) is 8.47. The molecule has 2 amide bonds. The van der Waals surface area contributed by atoms with E-state index in [2.05, 4.69) is 32.4 Å². The molecule has 444 valence electrons. The SMILES string of the molecule is Cc1ccc(C(=O)Nc2ccc(CN3CCN(C)CC3)c(C(F)(F)F)c2)cc1C#Cc1cnc2cc(OCCOCCOCCOCCOCCOCCOCCOCCOCCOCCNC(=O)c3ccc4c(c3)COB4O)ccn12. The smallest absolute Gasteiger partial charge is 0.491 e. The van der Waals surface area contributed by atoms with E-state index in [1.165, 1.54) is 12.1 Å². The number of imidazole rings is 1. The van der Waals surface area contributed by atoms with Crippen LogP contribution in [0.3, 0.4) is 0 Å². The molecule has 2 aromatic heterocycles. The Kier molecular flexibility index (Phi) is 26.8. The maximum Gasteiger partial charge on any atom is 0.491 e. The zero-order valence-electron chi connectivity index (χ0n) is 46.6. The quantitative estimate of drug-likeness (QED) is 0.0292. The van der Waals surface area contributed by atoms with Crippen LogP contribution < -0.4 is 20.8 Å². The van der Waals surface area contributed by atoms with Crippen LogP contribution >= 0.6 is 0 Å². The molecule has 0 aliphatic carbocycles. The fourth-order valence-electron chi connectivity index (χ4n) is 8.47. The van der Waals surface area contributed by atoms with Crippen LogP contribution in [0.15, 0.2) is 79.1 Å². The topological polar surface area (TPSA) is 204 Å². The van der Waals surface area contributed by atoms with Crippen molar-refractivity contribution in [1.82, 2.24) is 24.5 Å². The molecule has 20 nitrogen and oxygen atoms in total. The van der Waals surface area contributed by atoms with Gasteiger partial charge in [0, 0.05) is 73.9 Å². The van der Waals surface area contributed by atoms with E-state index in [0.29, 0.717) is 179 Å². The molecule has 0 radical (unpaired) electrons. The number of halogens is 3. The molecule has 82 heavy (non-hydrogen) atoms. The molecule has 1 saturated heterocycles. The highest BCUT2D eigenvalue weighted by Gasteiger charge is 2.34. The van der Waals surface area contributed by atoms with Crippen LogP contribution in [-0.4, -0.2) is 208 Å². The van der Waals surface area contributed by atoms with Crippen LogP contribution in [0.5, 0.6) is 5.75 Å². The molecule has 4 heterocycles. The Morgan fingerprint density at radius 3 is 1.83 bits per heavy atom. The van der Waals surface area contributed by atoms with Crippen LogP contribution in [0, 0.1) is 18.8 Å². The molecule has 24 heteroatoms. The van der Waals surface area contributed by atoms with Crippen molar-refractivity contribution in [2.45, 2.75) is 26.3 Å². The highest BCUT2D eigenvalue weighted by Crippen LogP contribution is 2.35. The molecule has 0 unspecified atom stereocenters. The van der Waals surface area contributed by atoms with Gasteiger partial charge in [-0.05, 0) is 84.5 Å². The first-order chi connectivity index (χ1) is 39.9. The average molecular weight is 1150 g/mol. The number of carbonyl (C=O) groups excluding carboxylic acids is 2. The van der Waals surface area contributed by atoms with Crippen molar-refractivity contribution in [3.63, 3.8) is 0 Å². The van der Waals surface area contributed by atoms with Gasteiger partial charge in [0.05, 0.1) is 137 Å². The fraction of sp³-hybridized carbons (Fsp3) is 0.500. The lowest BCUT2D eigenvalue weighted by molar-refractivity contribution is -0.138. The molecular weight excluding hydrogens is 1070 g/mol. The Bertz CT molecular complexity index is 2830. The van der Waals surface area contributed by atoms with Gasteiger partial charge in [0.2, 0.25) is 0 Å². The lowest BCUT2D eigenvalue weighted by Gasteiger charge is -2.33. The molecule has 1 fully saturated rings. The van der Waals surface area contributed by atoms with E-state index in [0.717, 1.165) is 30.3 Å². The van der Waals surface area contributed by atoms with E-state index < -0.39 is 24.8 Å². The summed E-state index contributed by atoms with van der Waals surface area (Å²) in [5, 5.41) is 15.2. The van der Waals surface area contributed by atoms with E-state index in [4.69, 9.17) is 52.0 Å². The highest BCUT2D eigenvalue weighted by molar-refractivity contribution is 6.61. The third kappa shape index (κ3) is 21.6. The van der Waals surface area contributed by atoms with E-state index in [1.54, 1.807) is 60.9 Å². The molecule has 2 aliphatic heterocycles. The summed E-state index contributed by atoms with van der Waals surface area (Å²) in [5.74, 6) is 6.11. The van der Waals surface area contributed by atoms with Gasteiger partial charge in [-0.25, -0.2) is 4.98 Å². The predicted molar refractivity (Wildman–Crippen MR) is 299 cm³/mol. The van der Waals surface area contributed by atoms with Crippen molar-refractivity contribution in [3.05, 3.63) is 124 Å². The van der Waals surface area contributed by atoms with Gasteiger partial charge in [-0.2, -0.15) is 13.2 Å². The molecule has 0 atom stereocenters. The minimum Gasteiger partial charge on any atom is -0.491 e. The van der Waals surface area contributed by atoms with Crippen LogP contribution in [0.25, 0.3) is 5.65 Å². The Labute approximate surface area is 476 Å². The number of pyridine rings is 1. The molecule has 7 rings (SSSR count). The Balaban J connectivity index is 0.632. The number of hydrogen-bond donors (Lipinski definition) is 3. The summed E-state index contributed by atoms with van der Waals surface area (Å²) in [6.45, 7) is 13.6. The van der Waals surface area contributed by atoms with Crippen LogP contribution in [0.4, 0.5) is 18.9 Å². The Morgan fingerprint density at radius 1 is 0.671 bits per heavy atom. The largest absolute Gasteiger partial charge is 0.491 e. The maximum absolute atomic E-state index is 14.2. The number of benzene rings is 3. The number of carbonyl (C=O) groups is 2. The second-order valence-electron chi connectivity index (χ2n) is 19.1. The number of nitrogens with zero attached hydrogens (tertiary/aromatic N) is 4. The second-order valence-corrected chi connectivity index (χ2v) is 19.1. The van der Waals surface area contributed by atoms with Crippen LogP contribution in [-0.2, 0) is 66.6 Å². The number of nitrogens with one attached hydrogen (secondary N) is 2. The Hall–Kier alpha value is -6.02. The number of piperazine rings is 1. The van der Waals surface area contributed by atoms with Gasteiger partial charge in [0.25, 0.3) is 11.8 Å². The van der Waals surface area contributed by atoms with Crippen LogP contribution in [0.2, 0.25) is 0 Å². The molecule has 5 aromatic rings. The summed E-state index contributed by atoms with van der Waals surface area (Å²) in [6, 6.07) is 17.7. The van der Waals surface area contributed by atoms with Gasteiger partial charge < -0.3 is 72.6 Å². The van der Waals surface area contributed by atoms with E-state index >= 15 is 0 Å². The van der Waals surface area contributed by atoms with E-state index in [9.17, 15) is 27.8 Å². The molecule has 0 bridgehead atoms. The number of amides is 2. The summed E-state index contributed by atoms with van der Waals surface area (Å²) < 4.78 is 105. The lowest BCUT2D eigenvalue weighted by Crippen LogP contribution is -2.44. The first-order valence-electron chi connectivity index (χ1n) is 27.5. The van der Waals surface area contributed by atoms with Gasteiger partial charge >= 0.3 is 13.3 Å². The number of anilines is 1. The summed E-state index contributed by atoms with van der Waals surface area (Å²) in [5.41, 5.74) is 4.40. The zero-order chi connectivity index (χ0) is 57.8. The number of hydrogen-bond acceptors (Lipinski definition) is 17. The molecule has 2 aliphatic rings. The summed E-state index contributed by atoms with van der Waals surface area (Å²) in [7, 11) is 1.06. The minimum atomic E-state index is -4.58. The van der Waals surface area contributed by atoms with Crippen molar-refractivity contribution in [2.24, 2.45) is 0 Å². The van der Waals surface area contributed by atoms with E-state index in [1.807, 2.05) is 23.3 Å². The number of alkyl halides is 3. The lowest BCUT2D eigenvalue weighted by atomic mass is 9.79. The van der Waals surface area contributed by atoms with Gasteiger partial charge in [0.1, 0.15) is 23.7 Å².